The number of carboxylic acid groups (broad SMARTS) is 1. The number of rotatable bonds is 8. The van der Waals surface area contributed by atoms with Crippen LogP contribution < -0.4 is 5.32 Å². The van der Waals surface area contributed by atoms with Crippen molar-refractivity contribution >= 4 is 23.5 Å². The van der Waals surface area contributed by atoms with Crippen molar-refractivity contribution in [2.75, 3.05) is 6.54 Å². The van der Waals surface area contributed by atoms with Gasteiger partial charge < -0.3 is 10.4 Å². The molecule has 122 valence electrons. The molecule has 0 aliphatic carbocycles. The minimum absolute atomic E-state index is 0.162. The van der Waals surface area contributed by atoms with Crippen molar-refractivity contribution in [3.8, 4) is 11.3 Å². The fraction of sp³-hybridized carbons (Fsp3) is 0.312. The van der Waals surface area contributed by atoms with Gasteiger partial charge in [-0.15, -0.1) is 0 Å². The van der Waals surface area contributed by atoms with Crippen molar-refractivity contribution < 1.29 is 14.7 Å². The third-order valence-electron chi connectivity index (χ3n) is 3.33. The number of amides is 1. The Labute approximate surface area is 138 Å². The normalized spacial score (nSPS) is 10.5. The van der Waals surface area contributed by atoms with E-state index in [1.165, 1.54) is 0 Å². The van der Waals surface area contributed by atoms with Gasteiger partial charge in [0, 0.05) is 18.5 Å². The van der Waals surface area contributed by atoms with Crippen LogP contribution in [0.3, 0.4) is 0 Å². The second kappa shape index (κ2) is 8.33. The summed E-state index contributed by atoms with van der Waals surface area (Å²) in [4.78, 5) is 22.4. The molecule has 0 unspecified atom stereocenters. The van der Waals surface area contributed by atoms with Crippen LogP contribution in [-0.4, -0.2) is 33.7 Å². The van der Waals surface area contributed by atoms with Gasteiger partial charge in [-0.1, -0.05) is 36.2 Å². The van der Waals surface area contributed by atoms with E-state index in [4.69, 9.17) is 16.7 Å². The summed E-state index contributed by atoms with van der Waals surface area (Å²) in [6.07, 6.45) is 2.28. The number of H-pyrrole nitrogens is 1. The summed E-state index contributed by atoms with van der Waals surface area (Å²) in [7, 11) is 0. The van der Waals surface area contributed by atoms with E-state index in [-0.39, 0.29) is 12.3 Å². The molecule has 2 rings (SSSR count). The molecule has 1 aromatic heterocycles. The molecule has 1 aromatic carbocycles. The highest BCUT2D eigenvalue weighted by Crippen LogP contribution is 2.26. The van der Waals surface area contributed by atoms with E-state index in [2.05, 4.69) is 15.5 Å². The molecular formula is C16H18ClN3O3. The SMILES string of the molecule is O=C(O)CCCCCNC(=O)c1cc(-c2ccccc2Cl)n[nH]1. The highest BCUT2D eigenvalue weighted by atomic mass is 35.5. The number of carbonyl (C=O) groups excluding carboxylic acids is 1. The third-order valence-corrected chi connectivity index (χ3v) is 3.65. The van der Waals surface area contributed by atoms with Crippen molar-refractivity contribution in [3.05, 3.63) is 41.0 Å². The fourth-order valence-electron chi connectivity index (χ4n) is 2.12. The van der Waals surface area contributed by atoms with E-state index in [1.54, 1.807) is 12.1 Å². The van der Waals surface area contributed by atoms with Crippen molar-refractivity contribution in [2.45, 2.75) is 25.7 Å². The highest BCUT2D eigenvalue weighted by Gasteiger charge is 2.12. The molecule has 0 saturated heterocycles. The van der Waals surface area contributed by atoms with Crippen LogP contribution in [0.4, 0.5) is 0 Å². The van der Waals surface area contributed by atoms with Crippen molar-refractivity contribution in [1.29, 1.82) is 0 Å². The monoisotopic (exact) mass is 335 g/mol. The first-order valence-electron chi connectivity index (χ1n) is 7.38. The first-order valence-corrected chi connectivity index (χ1v) is 7.76. The summed E-state index contributed by atoms with van der Waals surface area (Å²) < 4.78 is 0. The van der Waals surface area contributed by atoms with Gasteiger partial charge in [0.25, 0.3) is 5.91 Å². The first kappa shape index (κ1) is 17.0. The number of unbranched alkanes of at least 4 members (excludes halogenated alkanes) is 2. The van der Waals surface area contributed by atoms with Crippen molar-refractivity contribution in [3.63, 3.8) is 0 Å². The van der Waals surface area contributed by atoms with Crippen LogP contribution in [0.2, 0.25) is 5.02 Å². The second-order valence-corrected chi connectivity index (χ2v) is 5.51. The maximum Gasteiger partial charge on any atom is 0.303 e. The van der Waals surface area contributed by atoms with Gasteiger partial charge in [0.05, 0.1) is 10.7 Å². The van der Waals surface area contributed by atoms with E-state index in [1.807, 2.05) is 18.2 Å². The lowest BCUT2D eigenvalue weighted by atomic mass is 10.1. The quantitative estimate of drug-likeness (QED) is 0.646. The molecule has 0 saturated carbocycles. The summed E-state index contributed by atoms with van der Waals surface area (Å²) in [6, 6.07) is 8.94. The maximum absolute atomic E-state index is 12.0. The molecule has 0 aliphatic rings. The van der Waals surface area contributed by atoms with E-state index in [0.717, 1.165) is 18.4 Å². The molecule has 23 heavy (non-hydrogen) atoms. The zero-order valence-corrected chi connectivity index (χ0v) is 13.3. The standard InChI is InChI=1S/C16H18ClN3O3/c17-12-7-4-3-6-11(12)13-10-14(20-19-13)16(23)18-9-5-1-2-8-15(21)22/h3-4,6-7,10H,1-2,5,8-9H2,(H,18,23)(H,19,20)(H,21,22). The number of aromatic amines is 1. The van der Waals surface area contributed by atoms with E-state index < -0.39 is 5.97 Å². The Morgan fingerprint density at radius 2 is 2.00 bits per heavy atom. The lowest BCUT2D eigenvalue weighted by Gasteiger charge is -2.02. The Hall–Kier alpha value is -2.34. The maximum atomic E-state index is 12.0. The second-order valence-electron chi connectivity index (χ2n) is 5.11. The average molecular weight is 336 g/mol. The fourth-order valence-corrected chi connectivity index (χ4v) is 2.35. The van der Waals surface area contributed by atoms with Crippen LogP contribution in [0, 0.1) is 0 Å². The number of aliphatic carboxylic acids is 1. The van der Waals surface area contributed by atoms with Gasteiger partial charge in [0.15, 0.2) is 0 Å². The molecular weight excluding hydrogens is 318 g/mol. The summed E-state index contributed by atoms with van der Waals surface area (Å²) in [5.41, 5.74) is 1.74. The largest absolute Gasteiger partial charge is 0.481 e. The van der Waals surface area contributed by atoms with Crippen LogP contribution in [0.25, 0.3) is 11.3 Å². The summed E-state index contributed by atoms with van der Waals surface area (Å²) in [5, 5.41) is 18.7. The number of halogens is 1. The molecule has 6 nitrogen and oxygen atoms in total. The molecule has 1 amide bonds. The number of carbonyl (C=O) groups is 2. The van der Waals surface area contributed by atoms with Gasteiger partial charge >= 0.3 is 5.97 Å². The zero-order chi connectivity index (χ0) is 16.7. The van der Waals surface area contributed by atoms with Gasteiger partial charge in [-0.2, -0.15) is 5.10 Å². The molecule has 0 bridgehead atoms. The van der Waals surface area contributed by atoms with Gasteiger partial charge in [0.2, 0.25) is 0 Å². The number of hydrogen-bond acceptors (Lipinski definition) is 3. The summed E-state index contributed by atoms with van der Waals surface area (Å²) in [5.74, 6) is -1.03. The number of hydrogen-bond donors (Lipinski definition) is 3. The van der Waals surface area contributed by atoms with Crippen LogP contribution in [0.5, 0.6) is 0 Å². The smallest absolute Gasteiger partial charge is 0.303 e. The third kappa shape index (κ3) is 5.10. The van der Waals surface area contributed by atoms with Gasteiger partial charge in [0.1, 0.15) is 5.69 Å². The lowest BCUT2D eigenvalue weighted by molar-refractivity contribution is -0.137. The molecule has 2 aromatic rings. The van der Waals surface area contributed by atoms with Crippen LogP contribution in [0.15, 0.2) is 30.3 Å². The Morgan fingerprint density at radius 1 is 1.22 bits per heavy atom. The molecule has 0 atom stereocenters. The first-order chi connectivity index (χ1) is 11.1. The Kier molecular flexibility index (Phi) is 6.17. The molecule has 0 spiro atoms. The summed E-state index contributed by atoms with van der Waals surface area (Å²) in [6.45, 7) is 0.499. The predicted octanol–water partition coefficient (Wildman–Crippen LogP) is 3.10. The minimum Gasteiger partial charge on any atom is -0.481 e. The van der Waals surface area contributed by atoms with Crippen LogP contribution in [-0.2, 0) is 4.79 Å². The van der Waals surface area contributed by atoms with Crippen molar-refractivity contribution in [1.82, 2.24) is 15.5 Å². The van der Waals surface area contributed by atoms with Gasteiger partial charge in [-0.25, -0.2) is 0 Å². The lowest BCUT2D eigenvalue weighted by Crippen LogP contribution is -2.24. The molecule has 7 heteroatoms. The Morgan fingerprint density at radius 3 is 2.74 bits per heavy atom. The molecule has 0 fully saturated rings. The number of nitrogens with zero attached hydrogens (tertiary/aromatic N) is 1. The number of aromatic nitrogens is 2. The van der Waals surface area contributed by atoms with E-state index in [0.29, 0.717) is 29.4 Å². The summed E-state index contributed by atoms with van der Waals surface area (Å²) >= 11 is 6.11. The van der Waals surface area contributed by atoms with E-state index in [9.17, 15) is 9.59 Å². The average Bonchev–Trinajstić information content (AvgIpc) is 3.00. The number of benzene rings is 1. The Balaban J connectivity index is 1.82. The Bertz CT molecular complexity index is 685. The van der Waals surface area contributed by atoms with Gasteiger partial charge in [-0.3, -0.25) is 14.7 Å². The van der Waals surface area contributed by atoms with Crippen LogP contribution in [0.1, 0.15) is 36.2 Å². The molecule has 3 N–H and O–H groups in total. The highest BCUT2D eigenvalue weighted by molar-refractivity contribution is 6.33. The minimum atomic E-state index is -0.793. The van der Waals surface area contributed by atoms with E-state index >= 15 is 0 Å². The van der Waals surface area contributed by atoms with Crippen molar-refractivity contribution in [2.24, 2.45) is 0 Å². The molecule has 1 heterocycles. The number of carboxylic acids is 1. The topological polar surface area (TPSA) is 95.1 Å². The zero-order valence-electron chi connectivity index (χ0n) is 12.5. The van der Waals surface area contributed by atoms with Crippen LogP contribution >= 0.6 is 11.6 Å². The van der Waals surface area contributed by atoms with Gasteiger partial charge in [-0.05, 0) is 25.0 Å². The number of nitrogens with one attached hydrogen (secondary N) is 2. The predicted molar refractivity (Wildman–Crippen MR) is 87.5 cm³/mol. The molecule has 0 radical (unpaired) electrons. The molecule has 0 aliphatic heterocycles.